The van der Waals surface area contributed by atoms with Crippen LogP contribution in [0.15, 0.2) is 35.3 Å². The lowest BCUT2D eigenvalue weighted by atomic mass is 10.3. The molecule has 108 valence electrons. The Labute approximate surface area is 123 Å². The third-order valence-corrected chi connectivity index (χ3v) is 3.78. The number of rotatable bonds is 7. The van der Waals surface area contributed by atoms with Crippen molar-refractivity contribution in [2.75, 3.05) is 13.6 Å². The molecule has 20 heavy (non-hydrogen) atoms. The van der Waals surface area contributed by atoms with Crippen LogP contribution >= 0.6 is 11.3 Å². The van der Waals surface area contributed by atoms with Crippen molar-refractivity contribution >= 4 is 17.2 Å². The maximum atomic E-state index is 12.0. The van der Waals surface area contributed by atoms with Crippen molar-refractivity contribution in [3.05, 3.63) is 40.8 Å². The maximum Gasteiger partial charge on any atom is 0.236 e. The number of carbonyl (C=O) groups is 1. The smallest absolute Gasteiger partial charge is 0.236 e. The molecule has 0 radical (unpaired) electrons. The number of hydrogen-bond donors (Lipinski definition) is 1. The molecule has 2 rings (SSSR count). The number of amides is 1. The number of carbonyl (C=O) groups excluding carboxylic acids is 1. The topological polar surface area (TPSA) is 50.2 Å². The van der Waals surface area contributed by atoms with Gasteiger partial charge in [-0.25, -0.2) is 0 Å². The molecule has 2 aromatic heterocycles. The lowest BCUT2D eigenvalue weighted by Gasteiger charge is -2.19. The molecule has 0 bridgehead atoms. The molecular weight excluding hydrogens is 272 g/mol. The molecule has 0 saturated carbocycles. The van der Waals surface area contributed by atoms with Gasteiger partial charge in [-0.15, -0.1) is 0 Å². The molecule has 0 unspecified atom stereocenters. The van der Waals surface area contributed by atoms with Gasteiger partial charge in [0.2, 0.25) is 5.91 Å². The predicted octanol–water partition coefficient (Wildman–Crippen LogP) is 1.58. The summed E-state index contributed by atoms with van der Waals surface area (Å²) in [7, 11) is 1.83. The van der Waals surface area contributed by atoms with E-state index in [-0.39, 0.29) is 11.9 Å². The van der Waals surface area contributed by atoms with Crippen molar-refractivity contribution < 1.29 is 4.79 Å². The monoisotopic (exact) mass is 292 g/mol. The molecule has 1 N–H and O–H groups in total. The molecule has 0 aromatic carbocycles. The highest BCUT2D eigenvalue weighted by Crippen LogP contribution is 2.08. The lowest BCUT2D eigenvalue weighted by Crippen LogP contribution is -2.40. The molecule has 0 aliphatic heterocycles. The van der Waals surface area contributed by atoms with Crippen LogP contribution in [0.2, 0.25) is 0 Å². The molecular formula is C14H20N4OS. The van der Waals surface area contributed by atoms with Crippen molar-refractivity contribution in [3.63, 3.8) is 0 Å². The van der Waals surface area contributed by atoms with E-state index in [0.717, 1.165) is 6.54 Å². The Morgan fingerprint density at radius 1 is 1.60 bits per heavy atom. The third-order valence-electron chi connectivity index (χ3n) is 3.05. The second kappa shape index (κ2) is 7.21. The number of aromatic nitrogens is 2. The van der Waals surface area contributed by atoms with E-state index in [2.05, 4.69) is 15.8 Å². The van der Waals surface area contributed by atoms with Crippen molar-refractivity contribution in [1.82, 2.24) is 20.0 Å². The summed E-state index contributed by atoms with van der Waals surface area (Å²) in [6.45, 7) is 3.82. The molecule has 2 aromatic rings. The Balaban J connectivity index is 1.71. The third kappa shape index (κ3) is 4.47. The van der Waals surface area contributed by atoms with E-state index < -0.39 is 0 Å². The van der Waals surface area contributed by atoms with Crippen LogP contribution in [0.4, 0.5) is 0 Å². The standard InChI is InChI=1S/C14H20N4OS/c1-12(9-18-6-3-5-16-18)15-8-14(19)17(2)10-13-4-7-20-11-13/h3-7,11-12,15H,8-10H2,1-2H3/t12-/m1/s1. The minimum atomic E-state index is 0.100. The van der Waals surface area contributed by atoms with Gasteiger partial charge < -0.3 is 10.2 Å². The van der Waals surface area contributed by atoms with E-state index in [1.807, 2.05) is 42.4 Å². The first-order chi connectivity index (χ1) is 9.65. The Morgan fingerprint density at radius 2 is 2.45 bits per heavy atom. The van der Waals surface area contributed by atoms with Crippen LogP contribution in [0.25, 0.3) is 0 Å². The largest absolute Gasteiger partial charge is 0.340 e. The summed E-state index contributed by atoms with van der Waals surface area (Å²) in [6, 6.07) is 4.14. The number of thiophene rings is 1. The Bertz CT molecular complexity index is 509. The number of hydrogen-bond acceptors (Lipinski definition) is 4. The fourth-order valence-corrected chi connectivity index (χ4v) is 2.55. The maximum absolute atomic E-state index is 12.0. The molecule has 2 heterocycles. The number of likely N-dealkylation sites (N-methyl/N-ethyl adjacent to an activating group) is 1. The van der Waals surface area contributed by atoms with Gasteiger partial charge in [0.15, 0.2) is 0 Å². The molecule has 0 aliphatic rings. The first-order valence-electron chi connectivity index (χ1n) is 6.61. The van der Waals surface area contributed by atoms with E-state index in [9.17, 15) is 4.79 Å². The van der Waals surface area contributed by atoms with Gasteiger partial charge in [0.25, 0.3) is 0 Å². The zero-order chi connectivity index (χ0) is 14.4. The minimum Gasteiger partial charge on any atom is -0.340 e. The van der Waals surface area contributed by atoms with Crippen molar-refractivity contribution in [2.24, 2.45) is 0 Å². The summed E-state index contributed by atoms with van der Waals surface area (Å²) in [5.74, 6) is 0.100. The van der Waals surface area contributed by atoms with E-state index >= 15 is 0 Å². The number of nitrogens with one attached hydrogen (secondary N) is 1. The van der Waals surface area contributed by atoms with Gasteiger partial charge in [-0.05, 0) is 35.4 Å². The van der Waals surface area contributed by atoms with E-state index in [1.54, 1.807) is 22.4 Å². The minimum absolute atomic E-state index is 0.100. The molecule has 0 fully saturated rings. The molecule has 5 nitrogen and oxygen atoms in total. The number of nitrogens with zero attached hydrogens (tertiary/aromatic N) is 3. The van der Waals surface area contributed by atoms with Gasteiger partial charge in [0.1, 0.15) is 0 Å². The summed E-state index contributed by atoms with van der Waals surface area (Å²) >= 11 is 1.65. The van der Waals surface area contributed by atoms with Crippen LogP contribution in [-0.2, 0) is 17.9 Å². The molecule has 1 amide bonds. The van der Waals surface area contributed by atoms with Gasteiger partial charge in [0.05, 0.1) is 13.1 Å². The van der Waals surface area contributed by atoms with Gasteiger partial charge in [-0.3, -0.25) is 9.48 Å². The zero-order valence-corrected chi connectivity index (χ0v) is 12.6. The van der Waals surface area contributed by atoms with E-state index in [0.29, 0.717) is 13.1 Å². The van der Waals surface area contributed by atoms with Crippen molar-refractivity contribution in [3.8, 4) is 0 Å². The molecule has 0 spiro atoms. The fourth-order valence-electron chi connectivity index (χ4n) is 1.89. The lowest BCUT2D eigenvalue weighted by molar-refractivity contribution is -0.129. The van der Waals surface area contributed by atoms with Gasteiger partial charge in [0, 0.05) is 32.0 Å². The normalized spacial score (nSPS) is 12.3. The first-order valence-corrected chi connectivity index (χ1v) is 7.55. The van der Waals surface area contributed by atoms with Crippen LogP contribution in [-0.4, -0.2) is 40.2 Å². The molecule has 6 heteroatoms. The second-order valence-corrected chi connectivity index (χ2v) is 5.67. The molecule has 1 atom stereocenters. The van der Waals surface area contributed by atoms with Crippen molar-refractivity contribution in [1.29, 1.82) is 0 Å². The zero-order valence-electron chi connectivity index (χ0n) is 11.8. The average Bonchev–Trinajstić information content (AvgIpc) is 3.09. The Kier molecular flexibility index (Phi) is 5.31. The highest BCUT2D eigenvalue weighted by Gasteiger charge is 2.11. The second-order valence-electron chi connectivity index (χ2n) is 4.89. The summed E-state index contributed by atoms with van der Waals surface area (Å²) in [4.78, 5) is 13.8. The van der Waals surface area contributed by atoms with Gasteiger partial charge in [-0.2, -0.15) is 16.4 Å². The van der Waals surface area contributed by atoms with Crippen LogP contribution < -0.4 is 5.32 Å². The quantitative estimate of drug-likeness (QED) is 0.843. The molecule has 0 aliphatic carbocycles. The van der Waals surface area contributed by atoms with Crippen LogP contribution in [0.3, 0.4) is 0 Å². The summed E-state index contributed by atoms with van der Waals surface area (Å²) in [5, 5.41) is 11.5. The van der Waals surface area contributed by atoms with Gasteiger partial charge in [-0.1, -0.05) is 0 Å². The Morgan fingerprint density at radius 3 is 3.10 bits per heavy atom. The van der Waals surface area contributed by atoms with Crippen molar-refractivity contribution in [2.45, 2.75) is 26.1 Å². The van der Waals surface area contributed by atoms with Crippen LogP contribution in [0.1, 0.15) is 12.5 Å². The highest BCUT2D eigenvalue weighted by molar-refractivity contribution is 7.07. The highest BCUT2D eigenvalue weighted by atomic mass is 32.1. The van der Waals surface area contributed by atoms with Crippen LogP contribution in [0, 0.1) is 0 Å². The average molecular weight is 292 g/mol. The summed E-state index contributed by atoms with van der Waals surface area (Å²) in [6.07, 6.45) is 3.68. The predicted molar refractivity (Wildman–Crippen MR) is 80.5 cm³/mol. The van der Waals surface area contributed by atoms with E-state index in [4.69, 9.17) is 0 Å². The Hall–Kier alpha value is -1.66. The summed E-state index contributed by atoms with van der Waals surface area (Å²) < 4.78 is 1.86. The van der Waals surface area contributed by atoms with Crippen LogP contribution in [0.5, 0.6) is 0 Å². The summed E-state index contributed by atoms with van der Waals surface area (Å²) in [5.41, 5.74) is 1.18. The molecule has 0 saturated heterocycles. The van der Waals surface area contributed by atoms with Gasteiger partial charge >= 0.3 is 0 Å². The SMILES string of the molecule is C[C@H](Cn1cccn1)NCC(=O)N(C)Cc1ccsc1. The fraction of sp³-hybridized carbons (Fsp3) is 0.429. The first kappa shape index (κ1) is 14.7. The van der Waals surface area contributed by atoms with E-state index in [1.165, 1.54) is 5.56 Å².